The molecule has 1 aliphatic rings. The summed E-state index contributed by atoms with van der Waals surface area (Å²) in [5.74, 6) is -4.13. The maximum atomic E-state index is 13.7. The van der Waals surface area contributed by atoms with Crippen LogP contribution in [-0.2, 0) is 16.0 Å². The number of halogens is 7. The Kier molecular flexibility index (Phi) is 6.95. The van der Waals surface area contributed by atoms with Crippen molar-refractivity contribution in [2.24, 2.45) is 0 Å². The second-order valence-electron chi connectivity index (χ2n) is 9.85. The van der Waals surface area contributed by atoms with Gasteiger partial charge in [-0.1, -0.05) is 18.2 Å². The van der Waals surface area contributed by atoms with E-state index in [1.165, 1.54) is 62.4 Å². The van der Waals surface area contributed by atoms with Gasteiger partial charge in [-0.2, -0.15) is 22.0 Å². The fourth-order valence-corrected chi connectivity index (χ4v) is 5.58. The van der Waals surface area contributed by atoms with Crippen LogP contribution in [0.25, 0.3) is 39.4 Å². The number of hydrogen-bond acceptors (Lipinski definition) is 7. The van der Waals surface area contributed by atoms with Crippen molar-refractivity contribution in [3.63, 3.8) is 0 Å². The molecule has 16 heteroatoms. The first kappa shape index (κ1) is 30.2. The van der Waals surface area contributed by atoms with Gasteiger partial charge in [-0.15, -0.1) is 8.78 Å². The molecular formula is C29H18F7N3O5S. The van der Waals surface area contributed by atoms with Crippen molar-refractivity contribution in [2.75, 3.05) is 0 Å². The van der Waals surface area contributed by atoms with Gasteiger partial charge in [0, 0.05) is 24.2 Å². The Bertz CT molecular complexity index is 2070. The van der Waals surface area contributed by atoms with E-state index in [9.17, 15) is 39.2 Å². The maximum absolute atomic E-state index is 13.7. The van der Waals surface area contributed by atoms with E-state index in [4.69, 9.17) is 4.42 Å². The number of rotatable bonds is 6. The van der Waals surface area contributed by atoms with Crippen molar-refractivity contribution in [3.8, 4) is 50.9 Å². The highest BCUT2D eigenvalue weighted by molar-refractivity contribution is 7.91. The van der Waals surface area contributed by atoms with E-state index in [1.807, 2.05) is 0 Å². The number of sulfone groups is 1. The van der Waals surface area contributed by atoms with E-state index in [1.54, 1.807) is 0 Å². The summed E-state index contributed by atoms with van der Waals surface area (Å²) >= 11 is 0. The Morgan fingerprint density at radius 3 is 2.24 bits per heavy atom. The summed E-state index contributed by atoms with van der Waals surface area (Å²) in [5.41, 5.74) is -0.150. The number of imidazole rings is 1. The summed E-state index contributed by atoms with van der Waals surface area (Å²) in [5, 5.41) is 0. The van der Waals surface area contributed by atoms with Gasteiger partial charge in [0.05, 0.1) is 10.6 Å². The molecule has 0 radical (unpaired) electrons. The lowest BCUT2D eigenvalue weighted by atomic mass is 9.98. The fourth-order valence-electron chi connectivity index (χ4n) is 4.82. The smallest absolute Gasteiger partial charge is 0.440 e. The molecule has 3 aromatic carbocycles. The Balaban J connectivity index is 1.57. The summed E-state index contributed by atoms with van der Waals surface area (Å²) < 4.78 is 135. The molecule has 0 atom stereocenters. The average Bonchev–Trinajstić information content (AvgIpc) is 3.65. The van der Waals surface area contributed by atoms with E-state index in [2.05, 4.69) is 19.4 Å². The molecule has 0 aliphatic carbocycles. The van der Waals surface area contributed by atoms with Crippen molar-refractivity contribution in [1.29, 1.82) is 0 Å². The molecule has 0 amide bonds. The van der Waals surface area contributed by atoms with Crippen molar-refractivity contribution in [3.05, 3.63) is 84.3 Å². The van der Waals surface area contributed by atoms with Gasteiger partial charge in [0.15, 0.2) is 28.8 Å². The second-order valence-corrected chi connectivity index (χ2v) is 11.8. The number of benzene rings is 3. The molecule has 234 valence electrons. The molecule has 2 aromatic heterocycles. The highest BCUT2D eigenvalue weighted by atomic mass is 32.2. The van der Waals surface area contributed by atoms with Crippen LogP contribution in [0.1, 0.15) is 17.4 Å². The van der Waals surface area contributed by atoms with Crippen LogP contribution in [0.2, 0.25) is 0 Å². The zero-order chi connectivity index (χ0) is 32.5. The lowest BCUT2D eigenvalue weighted by molar-refractivity contribution is -0.286. The van der Waals surface area contributed by atoms with Crippen LogP contribution in [0.4, 0.5) is 30.7 Å². The van der Waals surface area contributed by atoms with Gasteiger partial charge in [0.25, 0.3) is 0 Å². The lowest BCUT2D eigenvalue weighted by Gasteiger charge is -2.14. The highest BCUT2D eigenvalue weighted by Gasteiger charge is 2.43. The predicted molar refractivity (Wildman–Crippen MR) is 144 cm³/mol. The zero-order valence-electron chi connectivity index (χ0n) is 22.9. The van der Waals surface area contributed by atoms with E-state index < -0.39 is 38.7 Å². The molecule has 0 bridgehead atoms. The maximum Gasteiger partial charge on any atom is 0.586 e. The number of nitrogens with zero attached hydrogens (tertiary/aromatic N) is 3. The molecule has 5 aromatic rings. The first-order valence-electron chi connectivity index (χ1n) is 12.8. The van der Waals surface area contributed by atoms with E-state index in [0.29, 0.717) is 0 Å². The number of fused-ring (bicyclic) bond motifs is 1. The third kappa shape index (κ3) is 5.49. The van der Waals surface area contributed by atoms with Gasteiger partial charge in [-0.25, -0.2) is 18.4 Å². The molecule has 1 aliphatic heterocycles. The summed E-state index contributed by atoms with van der Waals surface area (Å²) in [6.45, 7) is 2.83. The van der Waals surface area contributed by atoms with Gasteiger partial charge in [-0.3, -0.25) is 0 Å². The molecule has 0 saturated carbocycles. The van der Waals surface area contributed by atoms with Crippen LogP contribution >= 0.6 is 0 Å². The number of hydrogen-bond donors (Lipinski definition) is 0. The van der Waals surface area contributed by atoms with Crippen LogP contribution < -0.4 is 9.47 Å². The third-order valence-corrected chi connectivity index (χ3v) is 8.19. The van der Waals surface area contributed by atoms with Gasteiger partial charge in [0.1, 0.15) is 11.5 Å². The topological polar surface area (TPSA) is 96.5 Å². The van der Waals surface area contributed by atoms with Gasteiger partial charge in [0.2, 0.25) is 9.84 Å². The van der Waals surface area contributed by atoms with Crippen molar-refractivity contribution < 1.29 is 53.0 Å². The minimum Gasteiger partial charge on any atom is -0.440 e. The van der Waals surface area contributed by atoms with Crippen molar-refractivity contribution >= 4 is 9.84 Å². The van der Waals surface area contributed by atoms with Gasteiger partial charge in [-0.05, 0) is 60.5 Å². The van der Waals surface area contributed by atoms with E-state index in [-0.39, 0.29) is 62.6 Å². The molecule has 3 heterocycles. The molecule has 8 nitrogen and oxygen atoms in total. The van der Waals surface area contributed by atoms with Crippen molar-refractivity contribution in [1.82, 2.24) is 14.5 Å². The molecule has 0 fully saturated rings. The van der Waals surface area contributed by atoms with Crippen LogP contribution in [0, 0.1) is 13.8 Å². The number of alkyl halides is 7. The fraction of sp³-hybridized carbons (Fsp3) is 0.172. The number of oxazole rings is 1. The van der Waals surface area contributed by atoms with E-state index >= 15 is 0 Å². The zero-order valence-corrected chi connectivity index (χ0v) is 23.7. The minimum atomic E-state index is -4.95. The Morgan fingerprint density at radius 2 is 1.56 bits per heavy atom. The summed E-state index contributed by atoms with van der Waals surface area (Å²) in [7, 11) is -4.95. The predicted octanol–water partition coefficient (Wildman–Crippen LogP) is 7.81. The molecule has 6 rings (SSSR count). The second kappa shape index (κ2) is 10.4. The number of aryl methyl sites for hydroxylation is 2. The van der Waals surface area contributed by atoms with Crippen LogP contribution in [0.3, 0.4) is 0 Å². The normalized spacial score (nSPS) is 14.4. The first-order chi connectivity index (χ1) is 21.0. The average molecular weight is 654 g/mol. The lowest BCUT2D eigenvalue weighted by Crippen LogP contribution is -2.25. The molecule has 0 N–H and O–H groups in total. The van der Waals surface area contributed by atoms with Crippen molar-refractivity contribution in [2.45, 2.75) is 37.0 Å². The first-order valence-corrected chi connectivity index (χ1v) is 14.4. The van der Waals surface area contributed by atoms with Crippen LogP contribution in [-0.4, -0.2) is 35.0 Å². The van der Waals surface area contributed by atoms with Crippen LogP contribution in [0.15, 0.2) is 76.2 Å². The summed E-state index contributed by atoms with van der Waals surface area (Å²) in [4.78, 5) is 7.41. The number of ether oxygens (including phenoxy) is 2. The largest absolute Gasteiger partial charge is 0.586 e. The standard InChI is InChI=1S/C29H18F7N3O5S/c1-14-37-24(28(32,33)34)13-39(14)21-8-6-17(16-4-3-5-19(10-16)45(40,41)27(30)31)11-20(21)25-26(42-15(2)38-25)18-7-9-22-23(12-18)44-29(35,36)43-22/h3-13,27H,1-2H3. The highest BCUT2D eigenvalue weighted by Crippen LogP contribution is 2.45. The minimum absolute atomic E-state index is 0.0235. The van der Waals surface area contributed by atoms with Gasteiger partial charge < -0.3 is 18.5 Å². The molecule has 0 unspecified atom stereocenters. The quantitative estimate of drug-likeness (QED) is 0.173. The Hall–Kier alpha value is -4.86. The summed E-state index contributed by atoms with van der Waals surface area (Å²) in [6.07, 6.45) is -7.89. The molecule has 45 heavy (non-hydrogen) atoms. The van der Waals surface area contributed by atoms with E-state index in [0.717, 1.165) is 22.9 Å². The van der Waals surface area contributed by atoms with Crippen LogP contribution in [0.5, 0.6) is 11.5 Å². The molecule has 0 saturated heterocycles. The summed E-state index contributed by atoms with van der Waals surface area (Å²) in [6, 6.07) is 12.9. The third-order valence-electron chi connectivity index (χ3n) is 6.81. The molecular weight excluding hydrogens is 635 g/mol. The number of aromatic nitrogens is 3. The Morgan fingerprint density at radius 1 is 0.867 bits per heavy atom. The molecule has 0 spiro atoms. The SMILES string of the molecule is Cc1nc(-c2cc(-c3cccc(S(=O)(=O)C(F)F)c3)ccc2-n2cc(C(F)(F)F)nc2C)c(-c2ccc3c(c2)OC(F)(F)O3)o1. The van der Waals surface area contributed by atoms with Gasteiger partial charge >= 0.3 is 18.2 Å². The Labute approximate surface area is 249 Å². The monoisotopic (exact) mass is 653 g/mol.